The maximum absolute atomic E-state index is 15.0. The van der Waals surface area contributed by atoms with Crippen molar-refractivity contribution in [2.45, 2.75) is 44.7 Å². The van der Waals surface area contributed by atoms with Gasteiger partial charge in [0.15, 0.2) is 0 Å². The van der Waals surface area contributed by atoms with Crippen LogP contribution in [0.4, 0.5) is 4.39 Å². The normalized spacial score (nSPS) is 18.3. The number of carbonyl (C=O) groups is 2. The fourth-order valence-electron chi connectivity index (χ4n) is 4.47. The van der Waals surface area contributed by atoms with Crippen LogP contribution in [0.2, 0.25) is 0 Å². The third-order valence-electron chi connectivity index (χ3n) is 6.37. The summed E-state index contributed by atoms with van der Waals surface area (Å²) in [5.74, 6) is -0.573. The Hall–Kier alpha value is -3.15. The number of benzene rings is 2. The van der Waals surface area contributed by atoms with Gasteiger partial charge in [0.1, 0.15) is 5.82 Å². The summed E-state index contributed by atoms with van der Waals surface area (Å²) < 4.78 is 17.0. The summed E-state index contributed by atoms with van der Waals surface area (Å²) in [6.45, 7) is 1.83. The van der Waals surface area contributed by atoms with E-state index in [9.17, 15) is 14.0 Å². The number of nitrogens with one attached hydrogen (secondary N) is 1. The number of aryl methyl sites for hydroxylation is 1. The van der Waals surface area contributed by atoms with Gasteiger partial charge in [-0.25, -0.2) is 4.39 Å². The fourth-order valence-corrected chi connectivity index (χ4v) is 4.47. The number of carbonyl (C=O) groups excluding carboxylic acids is 2. The summed E-state index contributed by atoms with van der Waals surface area (Å²) in [4.78, 5) is 26.3. The van der Waals surface area contributed by atoms with Crippen molar-refractivity contribution in [2.24, 2.45) is 7.05 Å². The highest BCUT2D eigenvalue weighted by atomic mass is 19.1. The van der Waals surface area contributed by atoms with Crippen molar-refractivity contribution in [3.63, 3.8) is 0 Å². The van der Waals surface area contributed by atoms with Crippen molar-refractivity contribution in [2.75, 3.05) is 7.05 Å². The summed E-state index contributed by atoms with van der Waals surface area (Å²) in [5, 5.41) is 4.05. The largest absolute Gasteiger partial charge is 0.353 e. The number of amides is 2. The minimum atomic E-state index is -0.408. The molecule has 2 unspecified atom stereocenters. The molecule has 0 bridgehead atoms. The Morgan fingerprint density at radius 2 is 1.97 bits per heavy atom. The van der Waals surface area contributed by atoms with Gasteiger partial charge in [0, 0.05) is 60.8 Å². The average molecular weight is 422 g/mol. The van der Waals surface area contributed by atoms with Crippen LogP contribution in [0.3, 0.4) is 0 Å². The zero-order chi connectivity index (χ0) is 22.1. The molecule has 3 aromatic rings. The van der Waals surface area contributed by atoms with E-state index in [2.05, 4.69) is 5.32 Å². The second kappa shape index (κ2) is 8.53. The number of fused-ring (bicyclic) bond motifs is 1. The molecule has 2 amide bonds. The monoisotopic (exact) mass is 421 g/mol. The van der Waals surface area contributed by atoms with Crippen LogP contribution in [0.15, 0.2) is 48.7 Å². The van der Waals surface area contributed by atoms with Gasteiger partial charge in [-0.2, -0.15) is 0 Å². The van der Waals surface area contributed by atoms with E-state index in [1.807, 2.05) is 49.0 Å². The maximum Gasteiger partial charge on any atom is 0.253 e. The lowest BCUT2D eigenvalue weighted by molar-refractivity contribution is -0.121. The second-order valence-corrected chi connectivity index (χ2v) is 8.40. The van der Waals surface area contributed by atoms with Gasteiger partial charge in [0.05, 0.1) is 0 Å². The van der Waals surface area contributed by atoms with E-state index < -0.39 is 5.82 Å². The topological polar surface area (TPSA) is 54.3 Å². The number of hydrogen-bond acceptors (Lipinski definition) is 2. The van der Waals surface area contributed by atoms with Crippen molar-refractivity contribution >= 4 is 22.7 Å². The Kier molecular flexibility index (Phi) is 5.81. The zero-order valence-electron chi connectivity index (χ0n) is 18.2. The van der Waals surface area contributed by atoms with Crippen molar-refractivity contribution < 1.29 is 14.0 Å². The van der Waals surface area contributed by atoms with Gasteiger partial charge in [-0.3, -0.25) is 9.59 Å². The van der Waals surface area contributed by atoms with E-state index in [0.29, 0.717) is 17.5 Å². The third-order valence-corrected chi connectivity index (χ3v) is 6.37. The Balaban J connectivity index is 1.49. The molecular weight excluding hydrogens is 393 g/mol. The molecule has 1 aliphatic carbocycles. The van der Waals surface area contributed by atoms with Crippen LogP contribution in [0, 0.1) is 5.82 Å². The molecule has 1 aromatic heterocycles. The fraction of sp³-hybridized carbons (Fsp3) is 0.360. The average Bonchev–Trinajstić information content (AvgIpc) is 3.39. The van der Waals surface area contributed by atoms with E-state index in [0.717, 1.165) is 35.7 Å². The molecule has 162 valence electrons. The minimum Gasteiger partial charge on any atom is -0.353 e. The molecule has 4 rings (SSSR count). The first kappa shape index (κ1) is 21.1. The van der Waals surface area contributed by atoms with E-state index in [1.54, 1.807) is 24.1 Å². The maximum atomic E-state index is 15.0. The number of aromatic nitrogens is 1. The summed E-state index contributed by atoms with van der Waals surface area (Å²) in [7, 11) is 3.73. The molecule has 0 radical (unpaired) electrons. The third kappa shape index (κ3) is 4.20. The molecule has 1 saturated carbocycles. The molecule has 0 spiro atoms. The lowest BCUT2D eigenvalue weighted by Crippen LogP contribution is -2.38. The summed E-state index contributed by atoms with van der Waals surface area (Å²) >= 11 is 0. The van der Waals surface area contributed by atoms with Crippen LogP contribution in [0.5, 0.6) is 0 Å². The Labute approximate surface area is 181 Å². The van der Waals surface area contributed by atoms with Crippen molar-refractivity contribution in [3.05, 3.63) is 60.0 Å². The minimum absolute atomic E-state index is 0.0333. The van der Waals surface area contributed by atoms with Crippen molar-refractivity contribution in [1.29, 1.82) is 0 Å². The highest BCUT2D eigenvalue weighted by molar-refractivity contribution is 5.95. The molecule has 1 heterocycles. The van der Waals surface area contributed by atoms with Crippen LogP contribution >= 0.6 is 0 Å². The summed E-state index contributed by atoms with van der Waals surface area (Å²) in [5.41, 5.74) is 2.69. The Bertz CT molecular complexity index is 1140. The van der Waals surface area contributed by atoms with E-state index in [1.165, 1.54) is 6.07 Å². The van der Waals surface area contributed by atoms with Gasteiger partial charge in [-0.15, -0.1) is 0 Å². The molecule has 31 heavy (non-hydrogen) atoms. The first-order valence-electron chi connectivity index (χ1n) is 10.8. The van der Waals surface area contributed by atoms with E-state index in [4.69, 9.17) is 0 Å². The first-order chi connectivity index (χ1) is 14.9. The van der Waals surface area contributed by atoms with Crippen molar-refractivity contribution in [1.82, 2.24) is 14.8 Å². The van der Waals surface area contributed by atoms with Gasteiger partial charge in [0.25, 0.3) is 5.91 Å². The van der Waals surface area contributed by atoms with E-state index in [-0.39, 0.29) is 23.9 Å². The molecule has 5 nitrogen and oxygen atoms in total. The number of rotatable bonds is 5. The number of halogens is 1. The van der Waals surface area contributed by atoms with Gasteiger partial charge in [0.2, 0.25) is 5.91 Å². The molecule has 6 heteroatoms. The lowest BCUT2D eigenvalue weighted by atomic mass is 10.0. The SMILES string of the molecule is CCC(=O)NC1CCC(N(C)C(=O)c2ccc(-c3ccc4c(ccn4C)c3)c(F)c2)C1. The summed E-state index contributed by atoms with van der Waals surface area (Å²) in [6.07, 6.45) is 4.84. The molecule has 1 N–H and O–H groups in total. The Morgan fingerprint density at radius 1 is 1.16 bits per heavy atom. The van der Waals surface area contributed by atoms with Crippen LogP contribution < -0.4 is 5.32 Å². The number of hydrogen-bond donors (Lipinski definition) is 1. The molecular formula is C25H28FN3O2. The second-order valence-electron chi connectivity index (χ2n) is 8.40. The molecule has 0 aliphatic heterocycles. The zero-order valence-corrected chi connectivity index (χ0v) is 18.2. The summed E-state index contributed by atoms with van der Waals surface area (Å²) in [6, 6.07) is 12.7. The lowest BCUT2D eigenvalue weighted by Gasteiger charge is -2.25. The molecule has 1 fully saturated rings. The standard InChI is InChI=1S/C25H28FN3O2/c1-4-24(30)27-19-7-8-20(15-19)29(3)25(31)18-5-9-21(22(26)14-18)16-6-10-23-17(13-16)11-12-28(23)2/h5-6,9-14,19-20H,4,7-8,15H2,1-3H3,(H,27,30). The number of nitrogens with zero attached hydrogens (tertiary/aromatic N) is 2. The van der Waals surface area contributed by atoms with Gasteiger partial charge in [-0.1, -0.05) is 19.1 Å². The molecule has 1 aliphatic rings. The van der Waals surface area contributed by atoms with Crippen LogP contribution in [0.1, 0.15) is 43.0 Å². The van der Waals surface area contributed by atoms with Crippen LogP contribution in [-0.2, 0) is 11.8 Å². The first-order valence-corrected chi connectivity index (χ1v) is 10.8. The smallest absolute Gasteiger partial charge is 0.253 e. The molecule has 0 saturated heterocycles. The van der Waals surface area contributed by atoms with Gasteiger partial charge >= 0.3 is 0 Å². The predicted molar refractivity (Wildman–Crippen MR) is 120 cm³/mol. The molecule has 2 aromatic carbocycles. The Morgan fingerprint density at radius 3 is 2.71 bits per heavy atom. The van der Waals surface area contributed by atoms with Gasteiger partial charge in [-0.05, 0) is 55.2 Å². The van der Waals surface area contributed by atoms with Crippen LogP contribution in [-0.4, -0.2) is 40.4 Å². The van der Waals surface area contributed by atoms with E-state index >= 15 is 0 Å². The predicted octanol–water partition coefficient (Wildman–Crippen LogP) is 4.50. The highest BCUT2D eigenvalue weighted by Gasteiger charge is 2.31. The van der Waals surface area contributed by atoms with Crippen LogP contribution in [0.25, 0.3) is 22.0 Å². The van der Waals surface area contributed by atoms with Crippen molar-refractivity contribution in [3.8, 4) is 11.1 Å². The van der Waals surface area contributed by atoms with Gasteiger partial charge < -0.3 is 14.8 Å². The quantitative estimate of drug-likeness (QED) is 0.659. The molecule has 2 atom stereocenters. The highest BCUT2D eigenvalue weighted by Crippen LogP contribution is 2.29.